The molecule has 0 aliphatic carbocycles. The van der Waals surface area contributed by atoms with E-state index in [-0.39, 0.29) is 36.1 Å². The third-order valence-electron chi connectivity index (χ3n) is 7.29. The quantitative estimate of drug-likeness (QED) is 0.546. The minimum atomic E-state index is -0.330. The van der Waals surface area contributed by atoms with Gasteiger partial charge in [0, 0.05) is 44.0 Å². The molecule has 38 heavy (non-hydrogen) atoms. The third kappa shape index (κ3) is 5.78. The average Bonchev–Trinajstić information content (AvgIpc) is 3.32. The lowest BCUT2D eigenvalue weighted by Gasteiger charge is -2.39. The lowest BCUT2D eigenvalue weighted by molar-refractivity contribution is -0.135. The first-order chi connectivity index (χ1) is 18.4. The van der Waals surface area contributed by atoms with Crippen LogP contribution in [0.5, 0.6) is 0 Å². The number of likely N-dealkylation sites (tertiary alicyclic amines) is 2. The second-order valence-electron chi connectivity index (χ2n) is 10.4. The molecule has 5 rings (SSSR count). The van der Waals surface area contributed by atoms with Crippen molar-refractivity contribution in [2.45, 2.75) is 70.6 Å². The van der Waals surface area contributed by atoms with Gasteiger partial charge in [-0.1, -0.05) is 19.8 Å². The van der Waals surface area contributed by atoms with Crippen molar-refractivity contribution in [2.24, 2.45) is 0 Å². The summed E-state index contributed by atoms with van der Waals surface area (Å²) in [7, 11) is 0. The lowest BCUT2D eigenvalue weighted by atomic mass is 10.1. The Hall–Kier alpha value is -3.59. The van der Waals surface area contributed by atoms with Crippen molar-refractivity contribution >= 4 is 29.5 Å². The van der Waals surface area contributed by atoms with Gasteiger partial charge in [0.05, 0.1) is 19.3 Å². The number of amides is 2. The Kier molecular flexibility index (Phi) is 7.83. The molecular weight excluding hydrogens is 488 g/mol. The molecule has 0 radical (unpaired) electrons. The predicted molar refractivity (Wildman–Crippen MR) is 141 cm³/mol. The van der Waals surface area contributed by atoms with Gasteiger partial charge < -0.3 is 29.9 Å². The zero-order valence-corrected chi connectivity index (χ0v) is 22.3. The molecule has 2 amide bonds. The van der Waals surface area contributed by atoms with E-state index in [0.29, 0.717) is 38.1 Å². The van der Waals surface area contributed by atoms with E-state index in [2.05, 4.69) is 41.4 Å². The van der Waals surface area contributed by atoms with Crippen molar-refractivity contribution in [1.82, 2.24) is 29.4 Å². The number of carbonyl (C=O) groups excluding carboxylic acids is 2. The van der Waals surface area contributed by atoms with Gasteiger partial charge >= 0.3 is 6.09 Å². The van der Waals surface area contributed by atoms with E-state index >= 15 is 0 Å². The topological polar surface area (TPSA) is 126 Å². The standard InChI is InChI=1S/C26H36N8O4/c1-4-5-22(35)33-15-20(16-33)38-26(36)32-10-6-18(7-11-32)29-25-31-24(28-19-8-12-37-13-9-19)30-23-21(17(2)3)14-27-34(23)25/h14,17-20H,6-13,15-16H2,1-3H3,(H2,28,29,30,31). The lowest BCUT2D eigenvalue weighted by Crippen LogP contribution is -2.56. The number of ether oxygens (including phenoxy) is 2. The number of hydrogen-bond acceptors (Lipinski definition) is 9. The van der Waals surface area contributed by atoms with E-state index in [4.69, 9.17) is 19.4 Å². The zero-order valence-electron chi connectivity index (χ0n) is 22.3. The van der Waals surface area contributed by atoms with Crippen molar-refractivity contribution in [3.63, 3.8) is 0 Å². The minimum absolute atomic E-state index is 0.129. The molecule has 2 aromatic heterocycles. The van der Waals surface area contributed by atoms with Crippen LogP contribution in [-0.2, 0) is 14.3 Å². The Balaban J connectivity index is 1.19. The van der Waals surface area contributed by atoms with Gasteiger partial charge in [-0.3, -0.25) is 4.79 Å². The summed E-state index contributed by atoms with van der Waals surface area (Å²) in [6.45, 7) is 9.30. The molecule has 12 nitrogen and oxygen atoms in total. The number of fused-ring (bicyclic) bond motifs is 1. The fourth-order valence-electron chi connectivity index (χ4n) is 4.95. The van der Waals surface area contributed by atoms with Gasteiger partial charge in [-0.25, -0.2) is 4.79 Å². The molecule has 3 aliphatic heterocycles. The van der Waals surface area contributed by atoms with Crippen LogP contribution in [0.15, 0.2) is 6.20 Å². The Bertz CT molecular complexity index is 1220. The molecule has 3 saturated heterocycles. The van der Waals surface area contributed by atoms with Gasteiger partial charge in [-0.2, -0.15) is 19.6 Å². The Morgan fingerprint density at radius 1 is 1.05 bits per heavy atom. The highest BCUT2D eigenvalue weighted by atomic mass is 16.6. The first kappa shape index (κ1) is 26.0. The molecule has 2 N–H and O–H groups in total. The molecule has 0 saturated carbocycles. The van der Waals surface area contributed by atoms with Crippen molar-refractivity contribution in [2.75, 3.05) is 50.0 Å². The first-order valence-corrected chi connectivity index (χ1v) is 13.4. The molecule has 0 unspecified atom stereocenters. The fraction of sp³-hybridized carbons (Fsp3) is 0.654. The normalized spacial score (nSPS) is 19.2. The molecule has 2 aromatic rings. The highest BCUT2D eigenvalue weighted by molar-refractivity contribution is 5.94. The summed E-state index contributed by atoms with van der Waals surface area (Å²) in [6, 6.07) is 0.406. The van der Waals surface area contributed by atoms with E-state index in [0.717, 1.165) is 50.1 Å². The molecule has 0 aromatic carbocycles. The van der Waals surface area contributed by atoms with E-state index in [1.807, 2.05) is 6.20 Å². The first-order valence-electron chi connectivity index (χ1n) is 13.4. The van der Waals surface area contributed by atoms with Crippen LogP contribution in [0.1, 0.15) is 57.9 Å². The van der Waals surface area contributed by atoms with Crippen LogP contribution in [0.25, 0.3) is 5.65 Å². The number of hydrogen-bond donors (Lipinski definition) is 2. The highest BCUT2D eigenvalue weighted by Crippen LogP contribution is 2.25. The number of rotatable bonds is 6. The molecule has 204 valence electrons. The van der Waals surface area contributed by atoms with Crippen LogP contribution in [0, 0.1) is 11.8 Å². The Labute approximate surface area is 222 Å². The monoisotopic (exact) mass is 524 g/mol. The maximum Gasteiger partial charge on any atom is 0.410 e. The number of anilines is 2. The van der Waals surface area contributed by atoms with Gasteiger partial charge in [0.15, 0.2) is 5.65 Å². The molecule has 12 heteroatoms. The van der Waals surface area contributed by atoms with E-state index in [1.54, 1.807) is 21.2 Å². The van der Waals surface area contributed by atoms with E-state index in [1.165, 1.54) is 0 Å². The second kappa shape index (κ2) is 11.4. The maximum atomic E-state index is 12.6. The van der Waals surface area contributed by atoms with Gasteiger partial charge in [-0.05, 0) is 44.4 Å². The molecule has 0 bridgehead atoms. The summed E-state index contributed by atoms with van der Waals surface area (Å²) in [5, 5.41) is 11.6. The summed E-state index contributed by atoms with van der Waals surface area (Å²) >= 11 is 0. The largest absolute Gasteiger partial charge is 0.442 e. The zero-order chi connectivity index (χ0) is 26.6. The Morgan fingerprint density at radius 3 is 2.45 bits per heavy atom. The van der Waals surface area contributed by atoms with Gasteiger partial charge in [0.1, 0.15) is 6.10 Å². The number of nitrogens with zero attached hydrogens (tertiary/aromatic N) is 6. The van der Waals surface area contributed by atoms with Crippen molar-refractivity contribution < 1.29 is 19.1 Å². The molecule has 3 fully saturated rings. The summed E-state index contributed by atoms with van der Waals surface area (Å²) in [6.07, 6.45) is 4.61. The maximum absolute atomic E-state index is 12.6. The van der Waals surface area contributed by atoms with Crippen molar-refractivity contribution in [1.29, 1.82) is 0 Å². The van der Waals surface area contributed by atoms with Crippen molar-refractivity contribution in [3.8, 4) is 11.8 Å². The SMILES string of the molecule is CC#CC(=O)N1CC(OC(=O)N2CCC(Nc3nc(NC4CCOCC4)nc4c(C(C)C)cnn34)CC2)C1. The highest BCUT2D eigenvalue weighted by Gasteiger charge is 2.35. The minimum Gasteiger partial charge on any atom is -0.442 e. The van der Waals surface area contributed by atoms with Crippen LogP contribution >= 0.6 is 0 Å². The number of aromatic nitrogens is 4. The molecular formula is C26H36N8O4. The van der Waals surface area contributed by atoms with E-state index in [9.17, 15) is 9.59 Å². The summed E-state index contributed by atoms with van der Waals surface area (Å²) in [5.41, 5.74) is 1.87. The number of piperidine rings is 1. The van der Waals surface area contributed by atoms with E-state index < -0.39 is 0 Å². The molecule has 0 atom stereocenters. The molecule has 3 aliphatic rings. The summed E-state index contributed by atoms with van der Waals surface area (Å²) in [4.78, 5) is 37.3. The molecule has 5 heterocycles. The second-order valence-corrected chi connectivity index (χ2v) is 10.4. The average molecular weight is 525 g/mol. The smallest absolute Gasteiger partial charge is 0.410 e. The van der Waals surface area contributed by atoms with Crippen LogP contribution in [0.2, 0.25) is 0 Å². The van der Waals surface area contributed by atoms with Crippen molar-refractivity contribution in [3.05, 3.63) is 11.8 Å². The van der Waals surface area contributed by atoms with Gasteiger partial charge in [0.25, 0.3) is 5.91 Å². The fourth-order valence-corrected chi connectivity index (χ4v) is 4.95. The van der Waals surface area contributed by atoms with Crippen LogP contribution in [0.3, 0.4) is 0 Å². The summed E-state index contributed by atoms with van der Waals surface area (Å²) < 4.78 is 12.8. The van der Waals surface area contributed by atoms with Crippen LogP contribution in [-0.4, -0.2) is 99.0 Å². The Morgan fingerprint density at radius 2 is 1.76 bits per heavy atom. The third-order valence-corrected chi connectivity index (χ3v) is 7.29. The van der Waals surface area contributed by atoms with Crippen LogP contribution < -0.4 is 10.6 Å². The van der Waals surface area contributed by atoms with Gasteiger partial charge in [-0.15, -0.1) is 0 Å². The van der Waals surface area contributed by atoms with Crippen LogP contribution in [0.4, 0.5) is 16.7 Å². The predicted octanol–water partition coefficient (Wildman–Crippen LogP) is 2.09. The van der Waals surface area contributed by atoms with Gasteiger partial charge in [0.2, 0.25) is 11.9 Å². The summed E-state index contributed by atoms with van der Waals surface area (Å²) in [5.74, 6) is 6.39. The number of carbonyl (C=O) groups is 2. The molecule has 0 spiro atoms. The number of nitrogens with one attached hydrogen (secondary N) is 2.